The fraction of sp³-hybridized carbons (Fsp3) is 0.421. The Morgan fingerprint density at radius 1 is 1.26 bits per heavy atom. The standard InChI is InChI=1S/C19H22ClNOS/c1-13-10-14(2)12-15(11-13)17-4-3-9-21(17)19(22)8-6-16-5-7-18(20)23-16/h5,7,10-12,17H,3-4,6,8-9H2,1-2H3. The molecular formula is C19H22ClNOS. The number of carbonyl (C=O) groups excluding carboxylic acids is 1. The number of hydrogen-bond donors (Lipinski definition) is 0. The van der Waals surface area contributed by atoms with Gasteiger partial charge in [0.25, 0.3) is 0 Å². The van der Waals surface area contributed by atoms with Crippen LogP contribution in [0.5, 0.6) is 0 Å². The van der Waals surface area contributed by atoms with Crippen LogP contribution in [0.1, 0.15) is 46.9 Å². The Kier molecular flexibility index (Phi) is 5.08. The third-order valence-corrected chi connectivity index (χ3v) is 5.71. The second-order valence-electron chi connectivity index (χ2n) is 6.37. The Morgan fingerprint density at radius 3 is 2.65 bits per heavy atom. The Morgan fingerprint density at radius 2 is 2.00 bits per heavy atom. The number of likely N-dealkylation sites (tertiary alicyclic amines) is 1. The smallest absolute Gasteiger partial charge is 0.223 e. The van der Waals surface area contributed by atoms with Crippen LogP contribution in [0, 0.1) is 13.8 Å². The summed E-state index contributed by atoms with van der Waals surface area (Å²) < 4.78 is 0.793. The summed E-state index contributed by atoms with van der Waals surface area (Å²) in [6.07, 6.45) is 3.51. The van der Waals surface area contributed by atoms with Gasteiger partial charge in [-0.2, -0.15) is 0 Å². The summed E-state index contributed by atoms with van der Waals surface area (Å²) >= 11 is 7.53. The molecule has 1 fully saturated rings. The molecule has 1 aromatic heterocycles. The molecule has 0 bridgehead atoms. The van der Waals surface area contributed by atoms with Gasteiger partial charge in [-0.15, -0.1) is 11.3 Å². The van der Waals surface area contributed by atoms with Crippen LogP contribution in [-0.2, 0) is 11.2 Å². The van der Waals surface area contributed by atoms with Crippen molar-refractivity contribution in [3.63, 3.8) is 0 Å². The van der Waals surface area contributed by atoms with Gasteiger partial charge in [0.05, 0.1) is 10.4 Å². The number of rotatable bonds is 4. The Bertz CT molecular complexity index is 689. The highest BCUT2D eigenvalue weighted by atomic mass is 35.5. The highest BCUT2D eigenvalue weighted by molar-refractivity contribution is 7.16. The lowest BCUT2D eigenvalue weighted by molar-refractivity contribution is -0.132. The summed E-state index contributed by atoms with van der Waals surface area (Å²) in [4.78, 5) is 15.9. The minimum absolute atomic E-state index is 0.244. The van der Waals surface area contributed by atoms with Gasteiger partial charge in [0.2, 0.25) is 5.91 Å². The lowest BCUT2D eigenvalue weighted by atomic mass is 9.99. The highest BCUT2D eigenvalue weighted by Crippen LogP contribution is 2.33. The monoisotopic (exact) mass is 347 g/mol. The van der Waals surface area contributed by atoms with Crippen molar-refractivity contribution in [2.45, 2.75) is 45.6 Å². The topological polar surface area (TPSA) is 20.3 Å². The van der Waals surface area contributed by atoms with Crippen LogP contribution in [0.4, 0.5) is 0 Å². The molecule has 1 aromatic carbocycles. The number of halogens is 1. The molecule has 2 aromatic rings. The van der Waals surface area contributed by atoms with E-state index >= 15 is 0 Å². The van der Waals surface area contributed by atoms with Crippen molar-refractivity contribution in [1.82, 2.24) is 4.90 Å². The van der Waals surface area contributed by atoms with Crippen molar-refractivity contribution in [2.75, 3.05) is 6.54 Å². The van der Waals surface area contributed by atoms with Crippen LogP contribution >= 0.6 is 22.9 Å². The Balaban J connectivity index is 1.69. The van der Waals surface area contributed by atoms with Gasteiger partial charge in [-0.05, 0) is 50.8 Å². The van der Waals surface area contributed by atoms with E-state index in [4.69, 9.17) is 11.6 Å². The van der Waals surface area contributed by atoms with Gasteiger partial charge in [0.1, 0.15) is 0 Å². The molecule has 1 amide bonds. The number of aryl methyl sites for hydroxylation is 3. The van der Waals surface area contributed by atoms with Gasteiger partial charge in [0.15, 0.2) is 0 Å². The third-order valence-electron chi connectivity index (χ3n) is 4.42. The highest BCUT2D eigenvalue weighted by Gasteiger charge is 2.29. The SMILES string of the molecule is Cc1cc(C)cc(C2CCCN2C(=O)CCc2ccc(Cl)s2)c1. The number of carbonyl (C=O) groups is 1. The van der Waals surface area contributed by atoms with Crippen molar-refractivity contribution < 1.29 is 4.79 Å². The fourth-order valence-electron chi connectivity index (χ4n) is 3.47. The summed E-state index contributed by atoms with van der Waals surface area (Å²) in [7, 11) is 0. The first kappa shape index (κ1) is 16.5. The molecular weight excluding hydrogens is 326 g/mol. The molecule has 1 aliphatic rings. The number of thiophene rings is 1. The molecule has 0 N–H and O–H groups in total. The minimum atomic E-state index is 0.244. The van der Waals surface area contributed by atoms with E-state index in [1.807, 2.05) is 12.1 Å². The van der Waals surface area contributed by atoms with Crippen LogP contribution in [0.15, 0.2) is 30.3 Å². The van der Waals surface area contributed by atoms with E-state index in [9.17, 15) is 4.79 Å². The van der Waals surface area contributed by atoms with Crippen LogP contribution in [0.25, 0.3) is 0 Å². The predicted octanol–water partition coefficient (Wildman–Crippen LogP) is 5.31. The van der Waals surface area contributed by atoms with E-state index in [0.717, 1.165) is 30.1 Å². The van der Waals surface area contributed by atoms with Crippen LogP contribution in [-0.4, -0.2) is 17.4 Å². The van der Waals surface area contributed by atoms with Crippen molar-refractivity contribution in [1.29, 1.82) is 0 Å². The Labute approximate surface area is 147 Å². The minimum Gasteiger partial charge on any atom is -0.336 e. The van der Waals surface area contributed by atoms with Crippen LogP contribution in [0.2, 0.25) is 4.34 Å². The molecule has 23 heavy (non-hydrogen) atoms. The average molecular weight is 348 g/mol. The van der Waals surface area contributed by atoms with E-state index < -0.39 is 0 Å². The molecule has 122 valence electrons. The van der Waals surface area contributed by atoms with E-state index in [-0.39, 0.29) is 11.9 Å². The molecule has 0 spiro atoms. The summed E-state index contributed by atoms with van der Waals surface area (Å²) in [5.41, 5.74) is 3.83. The summed E-state index contributed by atoms with van der Waals surface area (Å²) in [6, 6.07) is 10.8. The molecule has 0 aliphatic carbocycles. The quantitative estimate of drug-likeness (QED) is 0.733. The molecule has 2 heterocycles. The second-order valence-corrected chi connectivity index (χ2v) is 8.17. The Hall–Kier alpha value is -1.32. The maximum Gasteiger partial charge on any atom is 0.223 e. The molecule has 1 saturated heterocycles. The summed E-state index contributed by atoms with van der Waals surface area (Å²) in [6.45, 7) is 5.12. The maximum absolute atomic E-state index is 12.7. The van der Waals surface area contributed by atoms with Crippen molar-refractivity contribution in [3.8, 4) is 0 Å². The average Bonchev–Trinajstić information content (AvgIpc) is 3.12. The zero-order valence-electron chi connectivity index (χ0n) is 13.6. The molecule has 3 rings (SSSR count). The number of nitrogens with zero attached hydrogens (tertiary/aromatic N) is 1. The molecule has 2 nitrogen and oxygen atoms in total. The van der Waals surface area contributed by atoms with E-state index in [1.54, 1.807) is 11.3 Å². The lowest BCUT2D eigenvalue weighted by Gasteiger charge is -2.26. The van der Waals surface area contributed by atoms with Gasteiger partial charge in [-0.3, -0.25) is 4.79 Å². The molecule has 1 aliphatic heterocycles. The van der Waals surface area contributed by atoms with Crippen LogP contribution in [0.3, 0.4) is 0 Å². The fourth-order valence-corrected chi connectivity index (χ4v) is 4.56. The van der Waals surface area contributed by atoms with Crippen LogP contribution < -0.4 is 0 Å². The van der Waals surface area contributed by atoms with Gasteiger partial charge >= 0.3 is 0 Å². The van der Waals surface area contributed by atoms with E-state index in [2.05, 4.69) is 36.9 Å². The van der Waals surface area contributed by atoms with Gasteiger partial charge in [0, 0.05) is 17.8 Å². The largest absolute Gasteiger partial charge is 0.336 e. The first-order valence-electron chi connectivity index (χ1n) is 8.15. The van der Waals surface area contributed by atoms with Crippen molar-refractivity contribution in [2.24, 2.45) is 0 Å². The summed E-state index contributed by atoms with van der Waals surface area (Å²) in [5.74, 6) is 0.260. The zero-order valence-corrected chi connectivity index (χ0v) is 15.2. The molecule has 0 saturated carbocycles. The zero-order chi connectivity index (χ0) is 16.4. The first-order valence-corrected chi connectivity index (χ1v) is 9.34. The molecule has 4 heteroatoms. The molecule has 1 atom stereocenters. The first-order chi connectivity index (χ1) is 11.0. The molecule has 0 radical (unpaired) electrons. The normalized spacial score (nSPS) is 17.7. The number of benzene rings is 1. The van der Waals surface area contributed by atoms with Crippen molar-refractivity contribution >= 4 is 28.8 Å². The van der Waals surface area contributed by atoms with Crippen molar-refractivity contribution in [3.05, 3.63) is 56.2 Å². The summed E-state index contributed by atoms with van der Waals surface area (Å²) in [5, 5.41) is 0. The van der Waals surface area contributed by atoms with E-state index in [1.165, 1.54) is 21.6 Å². The second kappa shape index (κ2) is 7.06. The number of hydrogen-bond acceptors (Lipinski definition) is 2. The van der Waals surface area contributed by atoms with E-state index in [0.29, 0.717) is 6.42 Å². The predicted molar refractivity (Wildman–Crippen MR) is 97.3 cm³/mol. The van der Waals surface area contributed by atoms with Gasteiger partial charge in [-0.1, -0.05) is 40.9 Å². The lowest BCUT2D eigenvalue weighted by Crippen LogP contribution is -2.30. The number of amides is 1. The maximum atomic E-state index is 12.7. The molecule has 1 unspecified atom stereocenters. The van der Waals surface area contributed by atoms with Gasteiger partial charge < -0.3 is 4.90 Å². The van der Waals surface area contributed by atoms with Gasteiger partial charge in [-0.25, -0.2) is 0 Å². The third kappa shape index (κ3) is 3.96.